The molecule has 1 heterocycles. The van der Waals surface area contributed by atoms with Crippen LogP contribution in [0.2, 0.25) is 0 Å². The number of benzene rings is 1. The highest BCUT2D eigenvalue weighted by Gasteiger charge is 2.15. The summed E-state index contributed by atoms with van der Waals surface area (Å²) in [6, 6.07) is 6.41. The predicted molar refractivity (Wildman–Crippen MR) is 73.4 cm³/mol. The smallest absolute Gasteiger partial charge is 0.337 e. The number of nitrogens with two attached hydrogens (primary N) is 1. The first-order valence-electron chi connectivity index (χ1n) is 5.80. The fourth-order valence-corrected chi connectivity index (χ4v) is 1.72. The number of rotatable bonds is 3. The van der Waals surface area contributed by atoms with E-state index in [2.05, 4.69) is 15.2 Å². The Morgan fingerprint density at radius 2 is 2.15 bits per heavy atom. The van der Waals surface area contributed by atoms with Gasteiger partial charge in [0.1, 0.15) is 0 Å². The lowest BCUT2D eigenvalue weighted by molar-refractivity contribution is 0.0600. The molecule has 0 spiro atoms. The van der Waals surface area contributed by atoms with Crippen LogP contribution in [0, 0.1) is 0 Å². The van der Waals surface area contributed by atoms with Gasteiger partial charge in [-0.15, -0.1) is 0 Å². The molecule has 0 atom stereocenters. The van der Waals surface area contributed by atoms with Crippen LogP contribution in [0.25, 0.3) is 0 Å². The summed E-state index contributed by atoms with van der Waals surface area (Å²) in [5.74, 6) is -0.913. The number of carbonyl (C=O) groups excluding carboxylic acids is 2. The van der Waals surface area contributed by atoms with Crippen molar-refractivity contribution in [2.24, 2.45) is 7.05 Å². The Hall–Kier alpha value is -2.83. The summed E-state index contributed by atoms with van der Waals surface area (Å²) < 4.78 is 6.07. The largest absolute Gasteiger partial charge is 0.465 e. The number of nitrogens with one attached hydrogen (secondary N) is 1. The van der Waals surface area contributed by atoms with E-state index < -0.39 is 11.9 Å². The number of methoxy groups -OCH3 is 1. The number of aryl methyl sites for hydroxylation is 1. The standard InChI is InChI=1S/C13H14N4O3/c1-17-7-10(14)11(16-17)12(18)15-9-5-3-4-8(6-9)13(19)20-2/h3-7H,14H2,1-2H3,(H,15,18). The van der Waals surface area contributed by atoms with Gasteiger partial charge in [-0.3, -0.25) is 9.48 Å². The molecule has 7 heteroatoms. The van der Waals surface area contributed by atoms with Gasteiger partial charge in [-0.1, -0.05) is 6.07 Å². The van der Waals surface area contributed by atoms with Crippen molar-refractivity contribution in [3.05, 3.63) is 41.7 Å². The molecular formula is C13H14N4O3. The summed E-state index contributed by atoms with van der Waals surface area (Å²) in [7, 11) is 2.97. The molecule has 1 amide bonds. The summed E-state index contributed by atoms with van der Waals surface area (Å²) in [4.78, 5) is 23.4. The molecule has 0 aliphatic heterocycles. The van der Waals surface area contributed by atoms with Gasteiger partial charge < -0.3 is 15.8 Å². The van der Waals surface area contributed by atoms with Crippen LogP contribution in [0.15, 0.2) is 30.5 Å². The average molecular weight is 274 g/mol. The molecule has 0 radical (unpaired) electrons. The normalized spacial score (nSPS) is 10.1. The molecular weight excluding hydrogens is 260 g/mol. The van der Waals surface area contributed by atoms with E-state index in [1.54, 1.807) is 31.4 Å². The van der Waals surface area contributed by atoms with Crippen LogP contribution in [0.3, 0.4) is 0 Å². The maximum atomic E-state index is 12.0. The number of esters is 1. The first-order chi connectivity index (χ1) is 9.51. The van der Waals surface area contributed by atoms with Crippen LogP contribution in [-0.4, -0.2) is 28.8 Å². The van der Waals surface area contributed by atoms with Gasteiger partial charge in [0.05, 0.1) is 18.4 Å². The molecule has 0 fully saturated rings. The van der Waals surface area contributed by atoms with Crippen LogP contribution in [0.1, 0.15) is 20.8 Å². The van der Waals surface area contributed by atoms with Gasteiger partial charge in [0.2, 0.25) is 0 Å². The number of amides is 1. The highest BCUT2D eigenvalue weighted by atomic mass is 16.5. The number of hydrogen-bond acceptors (Lipinski definition) is 5. The monoisotopic (exact) mass is 274 g/mol. The van der Waals surface area contributed by atoms with Crippen molar-refractivity contribution in [2.45, 2.75) is 0 Å². The zero-order valence-electron chi connectivity index (χ0n) is 11.1. The Balaban J connectivity index is 2.20. The number of hydrogen-bond donors (Lipinski definition) is 2. The third-order valence-corrected chi connectivity index (χ3v) is 2.61. The first kappa shape index (κ1) is 13.6. The highest BCUT2D eigenvalue weighted by Crippen LogP contribution is 2.15. The molecule has 0 unspecified atom stereocenters. The fourth-order valence-electron chi connectivity index (χ4n) is 1.72. The average Bonchev–Trinajstić information content (AvgIpc) is 2.77. The maximum Gasteiger partial charge on any atom is 0.337 e. The van der Waals surface area contributed by atoms with Gasteiger partial charge in [0.15, 0.2) is 5.69 Å². The van der Waals surface area contributed by atoms with Gasteiger partial charge in [-0.25, -0.2) is 4.79 Å². The van der Waals surface area contributed by atoms with Gasteiger partial charge in [0.25, 0.3) is 5.91 Å². The van der Waals surface area contributed by atoms with Crippen molar-refractivity contribution in [3.8, 4) is 0 Å². The summed E-state index contributed by atoms with van der Waals surface area (Å²) >= 11 is 0. The van der Waals surface area contributed by atoms with Crippen molar-refractivity contribution < 1.29 is 14.3 Å². The van der Waals surface area contributed by atoms with E-state index in [1.165, 1.54) is 17.9 Å². The van der Waals surface area contributed by atoms with Gasteiger partial charge in [0, 0.05) is 18.9 Å². The van der Waals surface area contributed by atoms with E-state index >= 15 is 0 Å². The topological polar surface area (TPSA) is 99.2 Å². The second-order valence-electron chi connectivity index (χ2n) is 4.13. The molecule has 1 aromatic heterocycles. The minimum absolute atomic E-state index is 0.135. The van der Waals surface area contributed by atoms with E-state index in [1.807, 2.05) is 0 Å². The van der Waals surface area contributed by atoms with Crippen molar-refractivity contribution in [1.82, 2.24) is 9.78 Å². The van der Waals surface area contributed by atoms with Crippen LogP contribution in [-0.2, 0) is 11.8 Å². The van der Waals surface area contributed by atoms with Gasteiger partial charge >= 0.3 is 5.97 Å². The van der Waals surface area contributed by atoms with Gasteiger partial charge in [-0.2, -0.15) is 5.10 Å². The summed E-state index contributed by atoms with van der Waals surface area (Å²) in [5.41, 5.74) is 6.91. The van der Waals surface area contributed by atoms with Crippen LogP contribution in [0.5, 0.6) is 0 Å². The number of aromatic nitrogens is 2. The van der Waals surface area contributed by atoms with Crippen LogP contribution in [0.4, 0.5) is 11.4 Å². The van der Waals surface area contributed by atoms with Crippen molar-refractivity contribution >= 4 is 23.3 Å². The lowest BCUT2D eigenvalue weighted by atomic mass is 10.2. The number of nitrogens with zero attached hydrogens (tertiary/aromatic N) is 2. The Morgan fingerprint density at radius 1 is 1.40 bits per heavy atom. The van der Waals surface area contributed by atoms with Crippen molar-refractivity contribution in [3.63, 3.8) is 0 Å². The molecule has 20 heavy (non-hydrogen) atoms. The highest BCUT2D eigenvalue weighted by molar-refractivity contribution is 6.06. The number of anilines is 2. The molecule has 2 aromatic rings. The first-order valence-corrected chi connectivity index (χ1v) is 5.80. The Kier molecular flexibility index (Phi) is 3.69. The Labute approximate surface area is 115 Å². The third-order valence-electron chi connectivity index (χ3n) is 2.61. The number of carbonyl (C=O) groups is 2. The van der Waals surface area contributed by atoms with Crippen LogP contribution >= 0.6 is 0 Å². The second kappa shape index (κ2) is 5.43. The lowest BCUT2D eigenvalue weighted by Gasteiger charge is -2.05. The summed E-state index contributed by atoms with van der Waals surface area (Å²) in [5, 5.41) is 6.60. The Bertz CT molecular complexity index is 663. The second-order valence-corrected chi connectivity index (χ2v) is 4.13. The summed E-state index contributed by atoms with van der Waals surface area (Å²) in [6.07, 6.45) is 1.54. The van der Waals surface area contributed by atoms with Crippen LogP contribution < -0.4 is 11.1 Å². The summed E-state index contributed by atoms with van der Waals surface area (Å²) in [6.45, 7) is 0. The zero-order chi connectivity index (χ0) is 14.7. The van der Waals surface area contributed by atoms with E-state index in [-0.39, 0.29) is 11.4 Å². The van der Waals surface area contributed by atoms with E-state index in [9.17, 15) is 9.59 Å². The molecule has 1 aromatic carbocycles. The molecule has 2 rings (SSSR count). The minimum Gasteiger partial charge on any atom is -0.465 e. The number of nitrogen functional groups attached to an aromatic ring is 1. The minimum atomic E-state index is -0.474. The van der Waals surface area contributed by atoms with E-state index in [0.717, 1.165) is 0 Å². The van der Waals surface area contributed by atoms with Crippen molar-refractivity contribution in [2.75, 3.05) is 18.2 Å². The Morgan fingerprint density at radius 3 is 2.75 bits per heavy atom. The molecule has 0 aliphatic carbocycles. The molecule has 0 bridgehead atoms. The number of ether oxygens (including phenoxy) is 1. The predicted octanol–water partition coefficient (Wildman–Crippen LogP) is 1.04. The molecule has 7 nitrogen and oxygen atoms in total. The molecule has 0 saturated heterocycles. The SMILES string of the molecule is COC(=O)c1cccc(NC(=O)c2nn(C)cc2N)c1. The third kappa shape index (κ3) is 2.77. The quantitative estimate of drug-likeness (QED) is 0.815. The molecule has 3 N–H and O–H groups in total. The molecule has 104 valence electrons. The van der Waals surface area contributed by atoms with Gasteiger partial charge in [-0.05, 0) is 18.2 Å². The van der Waals surface area contributed by atoms with E-state index in [0.29, 0.717) is 11.3 Å². The van der Waals surface area contributed by atoms with E-state index in [4.69, 9.17) is 5.73 Å². The van der Waals surface area contributed by atoms with Crippen molar-refractivity contribution in [1.29, 1.82) is 0 Å². The maximum absolute atomic E-state index is 12.0. The zero-order valence-corrected chi connectivity index (χ0v) is 11.1. The molecule has 0 aliphatic rings. The fraction of sp³-hybridized carbons (Fsp3) is 0.154. The lowest BCUT2D eigenvalue weighted by Crippen LogP contribution is -2.15. The molecule has 0 saturated carbocycles.